The molecule has 0 aliphatic carbocycles. The first kappa shape index (κ1) is 10.5. The number of hydrogen-bond acceptors (Lipinski definition) is 4. The van der Waals surface area contributed by atoms with E-state index in [2.05, 4.69) is 22.3 Å². The van der Waals surface area contributed by atoms with E-state index in [1.54, 1.807) is 0 Å². The second-order valence-corrected chi connectivity index (χ2v) is 4.27. The molecule has 1 aliphatic heterocycles. The van der Waals surface area contributed by atoms with Crippen LogP contribution < -0.4 is 0 Å². The molecule has 1 aromatic carbocycles. The van der Waals surface area contributed by atoms with Crippen LogP contribution in [0.15, 0.2) is 34.9 Å². The molecule has 4 nitrogen and oxygen atoms in total. The van der Waals surface area contributed by atoms with E-state index < -0.39 is 0 Å². The van der Waals surface area contributed by atoms with Gasteiger partial charge in [0.2, 0.25) is 5.89 Å². The predicted octanol–water partition coefficient (Wildman–Crippen LogP) is 2.16. The van der Waals surface area contributed by atoms with Crippen molar-refractivity contribution in [1.82, 2.24) is 10.1 Å². The van der Waals surface area contributed by atoms with E-state index >= 15 is 0 Å². The third-order valence-corrected chi connectivity index (χ3v) is 2.97. The fourth-order valence-corrected chi connectivity index (χ4v) is 2.01. The van der Waals surface area contributed by atoms with Crippen molar-refractivity contribution in [3.05, 3.63) is 47.6 Å². The lowest BCUT2D eigenvalue weighted by Gasteiger charge is -1.97. The van der Waals surface area contributed by atoms with E-state index in [-0.39, 0.29) is 5.92 Å². The molecule has 1 unspecified atom stereocenters. The van der Waals surface area contributed by atoms with Crippen molar-refractivity contribution < 1.29 is 9.26 Å². The van der Waals surface area contributed by atoms with Crippen molar-refractivity contribution in [2.45, 2.75) is 18.8 Å². The molecular formula is C13H14N2O2. The molecule has 3 rings (SSSR count). The third-order valence-electron chi connectivity index (χ3n) is 2.97. The van der Waals surface area contributed by atoms with Gasteiger partial charge in [-0.05, 0) is 12.0 Å². The number of aromatic nitrogens is 2. The molecule has 0 spiro atoms. The summed E-state index contributed by atoms with van der Waals surface area (Å²) in [5, 5.41) is 4.01. The summed E-state index contributed by atoms with van der Waals surface area (Å²) in [5.41, 5.74) is 1.20. The topological polar surface area (TPSA) is 48.2 Å². The van der Waals surface area contributed by atoms with Gasteiger partial charge in [0.05, 0.1) is 12.5 Å². The van der Waals surface area contributed by atoms with Gasteiger partial charge in [0.1, 0.15) is 0 Å². The zero-order chi connectivity index (χ0) is 11.5. The number of ether oxygens (including phenoxy) is 1. The average Bonchev–Trinajstić information content (AvgIpc) is 3.00. The van der Waals surface area contributed by atoms with E-state index in [0.717, 1.165) is 25.3 Å². The van der Waals surface area contributed by atoms with E-state index in [1.807, 2.05) is 18.2 Å². The van der Waals surface area contributed by atoms with Crippen molar-refractivity contribution in [3.63, 3.8) is 0 Å². The summed E-state index contributed by atoms with van der Waals surface area (Å²) in [6.45, 7) is 1.49. The van der Waals surface area contributed by atoms with Crippen molar-refractivity contribution in [2.75, 3.05) is 13.2 Å². The minimum absolute atomic E-state index is 0.284. The molecule has 0 radical (unpaired) electrons. The largest absolute Gasteiger partial charge is 0.381 e. The van der Waals surface area contributed by atoms with Gasteiger partial charge in [-0.1, -0.05) is 35.5 Å². The van der Waals surface area contributed by atoms with Crippen molar-refractivity contribution >= 4 is 0 Å². The predicted molar refractivity (Wildman–Crippen MR) is 61.7 cm³/mol. The van der Waals surface area contributed by atoms with Gasteiger partial charge >= 0.3 is 0 Å². The third kappa shape index (κ3) is 2.36. The quantitative estimate of drug-likeness (QED) is 0.810. The first-order chi connectivity index (χ1) is 8.42. The number of benzene rings is 1. The Balaban J connectivity index is 1.72. The molecule has 0 N–H and O–H groups in total. The van der Waals surface area contributed by atoms with Crippen LogP contribution in [0.1, 0.15) is 29.6 Å². The Hall–Kier alpha value is -1.68. The van der Waals surface area contributed by atoms with E-state index in [4.69, 9.17) is 9.26 Å². The molecule has 2 heterocycles. The number of hydrogen-bond donors (Lipinski definition) is 0. The van der Waals surface area contributed by atoms with Crippen LogP contribution in [-0.2, 0) is 11.2 Å². The summed E-state index contributed by atoms with van der Waals surface area (Å²) in [4.78, 5) is 4.43. The zero-order valence-corrected chi connectivity index (χ0v) is 9.50. The standard InChI is InChI=1S/C13H14N2O2/c1-2-4-10(5-3-1)8-12-14-13(17-15-12)11-6-7-16-9-11/h1-5,11H,6-9H2. The minimum atomic E-state index is 0.284. The molecule has 0 amide bonds. The van der Waals surface area contributed by atoms with Gasteiger partial charge < -0.3 is 9.26 Å². The average molecular weight is 230 g/mol. The molecule has 1 saturated heterocycles. The monoisotopic (exact) mass is 230 g/mol. The van der Waals surface area contributed by atoms with Gasteiger partial charge in [-0.2, -0.15) is 4.98 Å². The Labute approximate surface area is 99.6 Å². The van der Waals surface area contributed by atoms with Crippen LogP contribution in [-0.4, -0.2) is 23.4 Å². The fourth-order valence-electron chi connectivity index (χ4n) is 2.01. The van der Waals surface area contributed by atoms with E-state index in [1.165, 1.54) is 5.56 Å². The van der Waals surface area contributed by atoms with Crippen LogP contribution >= 0.6 is 0 Å². The maximum atomic E-state index is 5.31. The highest BCUT2D eigenvalue weighted by Gasteiger charge is 2.23. The van der Waals surface area contributed by atoms with Crippen LogP contribution in [0.4, 0.5) is 0 Å². The van der Waals surface area contributed by atoms with Crippen LogP contribution in [0.2, 0.25) is 0 Å². The number of nitrogens with zero attached hydrogens (tertiary/aromatic N) is 2. The maximum Gasteiger partial charge on any atom is 0.232 e. The smallest absolute Gasteiger partial charge is 0.232 e. The Morgan fingerprint density at radius 2 is 2.12 bits per heavy atom. The van der Waals surface area contributed by atoms with E-state index in [0.29, 0.717) is 12.5 Å². The Kier molecular flexibility index (Phi) is 2.88. The van der Waals surface area contributed by atoms with Gasteiger partial charge in [-0.3, -0.25) is 0 Å². The molecule has 1 aliphatic rings. The first-order valence-electron chi connectivity index (χ1n) is 5.86. The summed E-state index contributed by atoms with van der Waals surface area (Å²) < 4.78 is 10.6. The van der Waals surface area contributed by atoms with Gasteiger partial charge in [0.25, 0.3) is 0 Å². The second-order valence-electron chi connectivity index (χ2n) is 4.27. The van der Waals surface area contributed by atoms with Crippen molar-refractivity contribution in [2.24, 2.45) is 0 Å². The van der Waals surface area contributed by atoms with Crippen LogP contribution in [0.25, 0.3) is 0 Å². The molecule has 88 valence electrons. The number of rotatable bonds is 3. The van der Waals surface area contributed by atoms with Crippen LogP contribution in [0, 0.1) is 0 Å². The lowest BCUT2D eigenvalue weighted by molar-refractivity contribution is 0.189. The molecule has 1 aromatic heterocycles. The summed E-state index contributed by atoms with van der Waals surface area (Å²) in [7, 11) is 0. The fraction of sp³-hybridized carbons (Fsp3) is 0.385. The van der Waals surface area contributed by atoms with Crippen molar-refractivity contribution in [1.29, 1.82) is 0 Å². The molecule has 1 atom stereocenters. The zero-order valence-electron chi connectivity index (χ0n) is 9.50. The maximum absolute atomic E-state index is 5.31. The summed E-state index contributed by atoms with van der Waals surface area (Å²) in [5.74, 6) is 1.75. The minimum Gasteiger partial charge on any atom is -0.381 e. The summed E-state index contributed by atoms with van der Waals surface area (Å²) in [6.07, 6.45) is 1.70. The highest BCUT2D eigenvalue weighted by molar-refractivity contribution is 5.18. The molecule has 0 saturated carbocycles. The molecule has 4 heteroatoms. The second kappa shape index (κ2) is 4.67. The Morgan fingerprint density at radius 3 is 2.88 bits per heavy atom. The van der Waals surface area contributed by atoms with Crippen molar-refractivity contribution in [3.8, 4) is 0 Å². The SMILES string of the molecule is c1ccc(Cc2noc(C3CCOC3)n2)cc1. The molecular weight excluding hydrogens is 216 g/mol. The van der Waals surface area contributed by atoms with Gasteiger partial charge in [-0.15, -0.1) is 0 Å². The summed E-state index contributed by atoms with van der Waals surface area (Å²) >= 11 is 0. The highest BCUT2D eigenvalue weighted by atomic mass is 16.5. The van der Waals surface area contributed by atoms with E-state index in [9.17, 15) is 0 Å². The Morgan fingerprint density at radius 1 is 1.24 bits per heavy atom. The first-order valence-corrected chi connectivity index (χ1v) is 5.86. The highest BCUT2D eigenvalue weighted by Crippen LogP contribution is 2.23. The summed E-state index contributed by atoms with van der Waals surface area (Å²) in [6, 6.07) is 10.2. The molecule has 0 bridgehead atoms. The normalized spacial score (nSPS) is 19.6. The van der Waals surface area contributed by atoms with Gasteiger partial charge in [0.15, 0.2) is 5.82 Å². The molecule has 17 heavy (non-hydrogen) atoms. The lowest BCUT2D eigenvalue weighted by atomic mass is 10.1. The van der Waals surface area contributed by atoms with Crippen LogP contribution in [0.5, 0.6) is 0 Å². The van der Waals surface area contributed by atoms with Gasteiger partial charge in [-0.25, -0.2) is 0 Å². The van der Waals surface area contributed by atoms with Gasteiger partial charge in [0, 0.05) is 13.0 Å². The lowest BCUT2D eigenvalue weighted by Crippen LogP contribution is -1.98. The van der Waals surface area contributed by atoms with Crippen LogP contribution in [0.3, 0.4) is 0 Å². The molecule has 1 fully saturated rings. The Bertz CT molecular complexity index is 475. The molecule has 2 aromatic rings.